The highest BCUT2D eigenvalue weighted by Gasteiger charge is 2.28. The monoisotopic (exact) mass is 345 g/mol. The molecule has 0 N–H and O–H groups in total. The van der Waals surface area contributed by atoms with Gasteiger partial charge in [-0.2, -0.15) is 0 Å². The van der Waals surface area contributed by atoms with E-state index in [1.54, 1.807) is 6.20 Å². The van der Waals surface area contributed by atoms with E-state index in [0.717, 1.165) is 31.0 Å². The average molecular weight is 345 g/mol. The maximum Gasteiger partial charge on any atom is 0.187 e. The molecule has 0 aliphatic carbocycles. The van der Waals surface area contributed by atoms with Crippen LogP contribution in [0.2, 0.25) is 0 Å². The Morgan fingerprint density at radius 1 is 1.32 bits per heavy atom. The molecular weight excluding hydrogens is 321 g/mol. The molecule has 3 heterocycles. The molecule has 0 bridgehead atoms. The van der Waals surface area contributed by atoms with Crippen molar-refractivity contribution in [1.82, 2.24) is 19.9 Å². The summed E-state index contributed by atoms with van der Waals surface area (Å²) in [5.74, 6) is 0.861. The first-order valence-electron chi connectivity index (χ1n) is 8.57. The van der Waals surface area contributed by atoms with Crippen LogP contribution in [0.3, 0.4) is 0 Å². The van der Waals surface area contributed by atoms with E-state index < -0.39 is 0 Å². The smallest absolute Gasteiger partial charge is 0.187 e. The molecule has 134 valence electrons. The van der Waals surface area contributed by atoms with Gasteiger partial charge in [0.2, 0.25) is 0 Å². The maximum atomic E-state index is 14.4. The quantitative estimate of drug-likeness (QED) is 0.801. The fraction of sp³-hybridized carbons (Fsp3) is 0.500. The van der Waals surface area contributed by atoms with E-state index in [1.165, 1.54) is 6.33 Å². The molecule has 0 radical (unpaired) electrons. The molecule has 25 heavy (non-hydrogen) atoms. The van der Waals surface area contributed by atoms with Crippen LogP contribution >= 0.6 is 0 Å². The largest absolute Gasteiger partial charge is 0.488 e. The SMILES string of the molecule is CCc1ncnc(N2CCC(Oc3ccnc(CN(C)C)c3)C2)c1F. The Balaban J connectivity index is 1.66. The summed E-state index contributed by atoms with van der Waals surface area (Å²) in [6, 6.07) is 3.82. The van der Waals surface area contributed by atoms with E-state index in [1.807, 2.05) is 38.1 Å². The Hall–Kier alpha value is -2.28. The van der Waals surface area contributed by atoms with Gasteiger partial charge in [0.15, 0.2) is 11.6 Å². The zero-order valence-corrected chi connectivity index (χ0v) is 14.9. The fourth-order valence-electron chi connectivity index (χ4n) is 3.01. The van der Waals surface area contributed by atoms with Crippen molar-refractivity contribution in [1.29, 1.82) is 0 Å². The number of pyridine rings is 1. The average Bonchev–Trinajstić information content (AvgIpc) is 3.03. The minimum Gasteiger partial charge on any atom is -0.488 e. The third-order valence-corrected chi connectivity index (χ3v) is 4.19. The predicted molar refractivity (Wildman–Crippen MR) is 94.2 cm³/mol. The molecule has 1 aliphatic heterocycles. The summed E-state index contributed by atoms with van der Waals surface area (Å²) >= 11 is 0. The number of anilines is 1. The van der Waals surface area contributed by atoms with E-state index in [4.69, 9.17) is 4.74 Å². The van der Waals surface area contributed by atoms with Gasteiger partial charge in [0.05, 0.1) is 17.9 Å². The summed E-state index contributed by atoms with van der Waals surface area (Å²) < 4.78 is 20.5. The molecule has 6 nitrogen and oxygen atoms in total. The number of aryl methyl sites for hydroxylation is 1. The lowest BCUT2D eigenvalue weighted by Gasteiger charge is -2.19. The summed E-state index contributed by atoms with van der Waals surface area (Å²) in [5, 5.41) is 0. The molecule has 1 atom stereocenters. The molecule has 3 rings (SSSR count). The van der Waals surface area contributed by atoms with Crippen molar-refractivity contribution in [3.63, 3.8) is 0 Å². The van der Waals surface area contributed by atoms with E-state index in [-0.39, 0.29) is 11.9 Å². The fourth-order valence-corrected chi connectivity index (χ4v) is 3.01. The minimum atomic E-state index is -0.317. The van der Waals surface area contributed by atoms with Crippen LogP contribution in [0.5, 0.6) is 5.75 Å². The van der Waals surface area contributed by atoms with Gasteiger partial charge >= 0.3 is 0 Å². The van der Waals surface area contributed by atoms with Crippen LogP contribution in [0.1, 0.15) is 24.7 Å². The zero-order valence-electron chi connectivity index (χ0n) is 14.9. The number of hydrogen-bond donors (Lipinski definition) is 0. The molecule has 2 aromatic rings. The van der Waals surface area contributed by atoms with Gasteiger partial charge in [-0.15, -0.1) is 0 Å². The lowest BCUT2D eigenvalue weighted by Crippen LogP contribution is -2.26. The minimum absolute atomic E-state index is 0.00838. The van der Waals surface area contributed by atoms with Gasteiger partial charge in [-0.25, -0.2) is 14.4 Å². The highest BCUT2D eigenvalue weighted by atomic mass is 19.1. The second-order valence-electron chi connectivity index (χ2n) is 6.51. The summed E-state index contributed by atoms with van der Waals surface area (Å²) in [6.45, 7) is 3.99. The first-order chi connectivity index (χ1) is 12.1. The zero-order chi connectivity index (χ0) is 17.8. The van der Waals surface area contributed by atoms with Crippen LogP contribution in [0, 0.1) is 5.82 Å². The van der Waals surface area contributed by atoms with Gasteiger partial charge in [-0.3, -0.25) is 4.98 Å². The van der Waals surface area contributed by atoms with Gasteiger partial charge in [0.1, 0.15) is 18.2 Å². The highest BCUT2D eigenvalue weighted by molar-refractivity contribution is 5.42. The van der Waals surface area contributed by atoms with Crippen molar-refractivity contribution in [2.24, 2.45) is 0 Å². The van der Waals surface area contributed by atoms with Gasteiger partial charge in [-0.1, -0.05) is 6.92 Å². The lowest BCUT2D eigenvalue weighted by molar-refractivity contribution is 0.224. The second kappa shape index (κ2) is 7.74. The number of ether oxygens (including phenoxy) is 1. The third-order valence-electron chi connectivity index (χ3n) is 4.19. The van der Waals surface area contributed by atoms with Gasteiger partial charge in [-0.05, 0) is 26.6 Å². The van der Waals surface area contributed by atoms with Crippen LogP contribution in [0.4, 0.5) is 10.2 Å². The molecule has 0 aromatic carbocycles. The van der Waals surface area contributed by atoms with Crippen molar-refractivity contribution in [3.8, 4) is 5.75 Å². The predicted octanol–water partition coefficient (Wildman–Crippen LogP) is 2.29. The molecule has 0 amide bonds. The molecule has 7 heteroatoms. The Labute approximate surface area is 147 Å². The number of halogens is 1. The van der Waals surface area contributed by atoms with Crippen molar-refractivity contribution < 1.29 is 9.13 Å². The molecule has 1 unspecified atom stereocenters. The van der Waals surface area contributed by atoms with Crippen molar-refractivity contribution >= 4 is 5.82 Å². The van der Waals surface area contributed by atoms with Crippen molar-refractivity contribution in [2.45, 2.75) is 32.4 Å². The Bertz CT molecular complexity index is 724. The molecule has 2 aromatic heterocycles. The van der Waals surface area contributed by atoms with Gasteiger partial charge in [0, 0.05) is 31.8 Å². The van der Waals surface area contributed by atoms with E-state index in [0.29, 0.717) is 24.5 Å². The van der Waals surface area contributed by atoms with Crippen molar-refractivity contribution in [3.05, 3.63) is 41.9 Å². The van der Waals surface area contributed by atoms with Crippen LogP contribution in [-0.4, -0.2) is 53.1 Å². The maximum absolute atomic E-state index is 14.4. The number of hydrogen-bond acceptors (Lipinski definition) is 6. The molecule has 0 spiro atoms. The number of rotatable bonds is 6. The molecule has 1 fully saturated rings. The van der Waals surface area contributed by atoms with Crippen LogP contribution < -0.4 is 9.64 Å². The van der Waals surface area contributed by atoms with E-state index in [2.05, 4.69) is 19.9 Å². The highest BCUT2D eigenvalue weighted by Crippen LogP contribution is 2.25. The van der Waals surface area contributed by atoms with Gasteiger partial charge < -0.3 is 14.5 Å². The Morgan fingerprint density at radius 3 is 2.92 bits per heavy atom. The standard InChI is InChI=1S/C18H24FN5O/c1-4-16-17(19)18(22-12-21-16)24-8-6-15(11-24)25-14-5-7-20-13(9-14)10-23(2)3/h5,7,9,12,15H,4,6,8,10-11H2,1-3H3. The number of nitrogens with zero attached hydrogens (tertiary/aromatic N) is 5. The second-order valence-corrected chi connectivity index (χ2v) is 6.51. The first kappa shape index (κ1) is 17.5. The molecule has 1 aliphatic rings. The van der Waals surface area contributed by atoms with Crippen molar-refractivity contribution in [2.75, 3.05) is 32.1 Å². The summed E-state index contributed by atoms with van der Waals surface area (Å²) in [7, 11) is 4.01. The van der Waals surface area contributed by atoms with E-state index in [9.17, 15) is 4.39 Å². The summed E-state index contributed by atoms with van der Waals surface area (Å²) in [4.78, 5) is 16.5. The Kier molecular flexibility index (Phi) is 5.43. The topological polar surface area (TPSA) is 54.4 Å². The lowest BCUT2D eigenvalue weighted by atomic mass is 10.3. The molecule has 1 saturated heterocycles. The van der Waals surface area contributed by atoms with Crippen LogP contribution in [0.15, 0.2) is 24.7 Å². The van der Waals surface area contributed by atoms with E-state index >= 15 is 0 Å². The van der Waals surface area contributed by atoms with Crippen LogP contribution in [0.25, 0.3) is 0 Å². The first-order valence-corrected chi connectivity index (χ1v) is 8.57. The third kappa shape index (κ3) is 4.22. The Morgan fingerprint density at radius 2 is 2.16 bits per heavy atom. The number of aromatic nitrogens is 3. The molecule has 0 saturated carbocycles. The van der Waals surface area contributed by atoms with Gasteiger partial charge in [0.25, 0.3) is 0 Å². The molecular formula is C18H24FN5O. The van der Waals surface area contributed by atoms with Crippen LogP contribution in [-0.2, 0) is 13.0 Å². The summed E-state index contributed by atoms with van der Waals surface area (Å²) in [6.07, 6.45) is 4.59. The summed E-state index contributed by atoms with van der Waals surface area (Å²) in [5.41, 5.74) is 1.42. The normalized spacial score (nSPS) is 17.3.